The monoisotopic (exact) mass is 194 g/mol. The van der Waals surface area contributed by atoms with Gasteiger partial charge in [0.2, 0.25) is 5.78 Å². The molecule has 0 aromatic heterocycles. The van der Waals surface area contributed by atoms with Gasteiger partial charge in [0.15, 0.2) is 0 Å². The number of alkyl halides is 3. The molecule has 0 amide bonds. The van der Waals surface area contributed by atoms with Crippen LogP contribution in [0.25, 0.3) is 0 Å². The van der Waals surface area contributed by atoms with Gasteiger partial charge < -0.3 is 0 Å². The Kier molecular flexibility index (Phi) is 1.85. The topological polar surface area (TPSA) is 17.1 Å². The first-order chi connectivity index (χ1) is 5.53. The summed E-state index contributed by atoms with van der Waals surface area (Å²) in [4.78, 5) is 10.9. The fourth-order valence-corrected chi connectivity index (χ4v) is 2.02. The molecule has 1 saturated carbocycles. The van der Waals surface area contributed by atoms with E-state index in [2.05, 4.69) is 0 Å². The van der Waals surface area contributed by atoms with Crippen molar-refractivity contribution in [1.82, 2.24) is 0 Å². The number of rotatable bonds is 1. The Morgan fingerprint density at radius 2 is 1.38 bits per heavy atom. The third-order valence-corrected chi connectivity index (χ3v) is 3.56. The Hall–Kier alpha value is -0.540. The van der Waals surface area contributed by atoms with Gasteiger partial charge in [0, 0.05) is 5.92 Å². The van der Waals surface area contributed by atoms with Crippen LogP contribution in [-0.2, 0) is 4.79 Å². The minimum atomic E-state index is -4.68. The van der Waals surface area contributed by atoms with Gasteiger partial charge in [-0.05, 0) is 10.8 Å². The molecule has 0 saturated heterocycles. The molecule has 76 valence electrons. The molecule has 1 nitrogen and oxygen atoms in total. The maximum atomic E-state index is 12.1. The maximum Gasteiger partial charge on any atom is 0.450 e. The molecule has 0 aromatic rings. The SMILES string of the molecule is CC1(C)C(C(=O)C(F)(F)F)C1(C)C. The molecule has 0 unspecified atom stereocenters. The van der Waals surface area contributed by atoms with Crippen molar-refractivity contribution in [3.05, 3.63) is 0 Å². The van der Waals surface area contributed by atoms with Gasteiger partial charge in [-0.3, -0.25) is 4.79 Å². The summed E-state index contributed by atoms with van der Waals surface area (Å²) in [7, 11) is 0. The Balaban J connectivity index is 2.86. The molecule has 0 atom stereocenters. The number of ketones is 1. The van der Waals surface area contributed by atoms with Crippen LogP contribution in [0.2, 0.25) is 0 Å². The highest BCUT2D eigenvalue weighted by Gasteiger charge is 2.71. The number of carbonyl (C=O) groups is 1. The number of halogens is 3. The zero-order valence-corrected chi connectivity index (χ0v) is 8.12. The van der Waals surface area contributed by atoms with E-state index in [0.29, 0.717) is 0 Å². The van der Waals surface area contributed by atoms with Crippen LogP contribution in [-0.4, -0.2) is 12.0 Å². The largest absolute Gasteiger partial charge is 0.450 e. The molecule has 1 fully saturated rings. The lowest BCUT2D eigenvalue weighted by Gasteiger charge is -2.05. The molecular weight excluding hydrogens is 181 g/mol. The van der Waals surface area contributed by atoms with Gasteiger partial charge in [-0.25, -0.2) is 0 Å². The molecule has 13 heavy (non-hydrogen) atoms. The highest BCUT2D eigenvalue weighted by Crippen LogP contribution is 2.69. The van der Waals surface area contributed by atoms with Crippen LogP contribution in [0, 0.1) is 16.7 Å². The summed E-state index contributed by atoms with van der Waals surface area (Å²) in [6.45, 7) is 6.78. The summed E-state index contributed by atoms with van der Waals surface area (Å²) in [5.41, 5.74) is -1.06. The lowest BCUT2D eigenvalue weighted by atomic mass is 10.0. The summed E-state index contributed by atoms with van der Waals surface area (Å²) < 4.78 is 36.2. The van der Waals surface area contributed by atoms with Gasteiger partial charge in [0.05, 0.1) is 0 Å². The lowest BCUT2D eigenvalue weighted by molar-refractivity contribution is -0.173. The molecule has 0 heterocycles. The summed E-state index contributed by atoms with van der Waals surface area (Å²) >= 11 is 0. The molecule has 1 aliphatic rings. The van der Waals surface area contributed by atoms with Crippen molar-refractivity contribution in [2.45, 2.75) is 33.9 Å². The van der Waals surface area contributed by atoms with E-state index in [1.807, 2.05) is 0 Å². The van der Waals surface area contributed by atoms with E-state index in [1.165, 1.54) is 0 Å². The first-order valence-corrected chi connectivity index (χ1v) is 4.14. The number of Topliss-reactive ketones (excluding diaryl/α,β-unsaturated/α-hetero) is 1. The van der Waals surface area contributed by atoms with Gasteiger partial charge >= 0.3 is 6.18 Å². The van der Waals surface area contributed by atoms with E-state index in [4.69, 9.17) is 0 Å². The fraction of sp³-hybridized carbons (Fsp3) is 0.889. The maximum absolute atomic E-state index is 12.1. The van der Waals surface area contributed by atoms with Crippen LogP contribution >= 0.6 is 0 Å². The summed E-state index contributed by atoms with van der Waals surface area (Å²) in [5, 5.41) is 0. The average molecular weight is 194 g/mol. The first-order valence-electron chi connectivity index (χ1n) is 4.14. The van der Waals surface area contributed by atoms with Crippen LogP contribution in [0.1, 0.15) is 27.7 Å². The van der Waals surface area contributed by atoms with Crippen LogP contribution in [0.15, 0.2) is 0 Å². The molecule has 1 rings (SSSR count). The van der Waals surface area contributed by atoms with E-state index in [0.717, 1.165) is 0 Å². The molecular formula is C9H13F3O. The Bertz CT molecular complexity index is 236. The van der Waals surface area contributed by atoms with Crippen molar-refractivity contribution in [3.63, 3.8) is 0 Å². The number of hydrogen-bond donors (Lipinski definition) is 0. The molecule has 1 aliphatic carbocycles. The summed E-state index contributed by atoms with van der Waals surface area (Å²) in [6.07, 6.45) is -4.68. The van der Waals surface area contributed by atoms with Gasteiger partial charge in [0.1, 0.15) is 0 Å². The van der Waals surface area contributed by atoms with Crippen molar-refractivity contribution in [2.75, 3.05) is 0 Å². The minimum absolute atomic E-state index is 0.528. The van der Waals surface area contributed by atoms with E-state index in [-0.39, 0.29) is 0 Å². The highest BCUT2D eigenvalue weighted by atomic mass is 19.4. The van der Waals surface area contributed by atoms with Crippen LogP contribution in [0.4, 0.5) is 13.2 Å². The van der Waals surface area contributed by atoms with Gasteiger partial charge in [-0.2, -0.15) is 13.2 Å². The third-order valence-electron chi connectivity index (χ3n) is 3.56. The van der Waals surface area contributed by atoms with E-state index >= 15 is 0 Å². The molecule has 0 aromatic carbocycles. The number of hydrogen-bond acceptors (Lipinski definition) is 1. The normalized spacial score (nSPS) is 25.8. The molecule has 0 N–H and O–H groups in total. The van der Waals surface area contributed by atoms with Crippen molar-refractivity contribution < 1.29 is 18.0 Å². The zero-order valence-electron chi connectivity index (χ0n) is 8.12. The quantitative estimate of drug-likeness (QED) is 0.627. The second-order valence-corrected chi connectivity index (χ2v) is 4.74. The van der Waals surface area contributed by atoms with Gasteiger partial charge in [0.25, 0.3) is 0 Å². The highest BCUT2D eigenvalue weighted by molar-refractivity contribution is 5.90. The zero-order chi connectivity index (χ0) is 10.7. The van der Waals surface area contributed by atoms with Crippen molar-refractivity contribution in [2.24, 2.45) is 16.7 Å². The van der Waals surface area contributed by atoms with E-state index in [9.17, 15) is 18.0 Å². The fourth-order valence-electron chi connectivity index (χ4n) is 2.02. The van der Waals surface area contributed by atoms with E-state index in [1.54, 1.807) is 27.7 Å². The smallest absolute Gasteiger partial charge is 0.289 e. The van der Waals surface area contributed by atoms with Crippen LogP contribution < -0.4 is 0 Å². The van der Waals surface area contributed by atoms with Crippen molar-refractivity contribution in [1.29, 1.82) is 0 Å². The molecule has 0 bridgehead atoms. The first kappa shape index (κ1) is 10.5. The van der Waals surface area contributed by atoms with Gasteiger partial charge in [-0.1, -0.05) is 27.7 Å². The molecule has 0 radical (unpaired) electrons. The molecule has 0 spiro atoms. The Labute approximate surface area is 75.3 Å². The van der Waals surface area contributed by atoms with Crippen molar-refractivity contribution in [3.8, 4) is 0 Å². The minimum Gasteiger partial charge on any atom is -0.289 e. The average Bonchev–Trinajstić information content (AvgIpc) is 2.21. The Morgan fingerprint density at radius 1 is 1.08 bits per heavy atom. The second kappa shape index (κ2) is 2.28. The van der Waals surface area contributed by atoms with Gasteiger partial charge in [-0.15, -0.1) is 0 Å². The summed E-state index contributed by atoms with van der Waals surface area (Å²) in [6, 6.07) is 0. The lowest BCUT2D eigenvalue weighted by Crippen LogP contribution is -2.26. The van der Waals surface area contributed by atoms with Crippen LogP contribution in [0.5, 0.6) is 0 Å². The third kappa shape index (κ3) is 1.27. The predicted octanol–water partition coefficient (Wildman–Crippen LogP) is 2.80. The van der Waals surface area contributed by atoms with E-state index < -0.39 is 28.7 Å². The molecule has 0 aliphatic heterocycles. The summed E-state index contributed by atoms with van der Waals surface area (Å²) in [5.74, 6) is -2.46. The van der Waals surface area contributed by atoms with Crippen LogP contribution in [0.3, 0.4) is 0 Å². The molecule has 4 heteroatoms. The number of carbonyl (C=O) groups excluding carboxylic acids is 1. The predicted molar refractivity (Wildman–Crippen MR) is 42.1 cm³/mol. The second-order valence-electron chi connectivity index (χ2n) is 4.74. The van der Waals surface area contributed by atoms with Crippen molar-refractivity contribution >= 4 is 5.78 Å². The standard InChI is InChI=1S/C9H13F3O/c1-7(2)5(8(7,3)4)6(13)9(10,11)12/h5H,1-4H3. The Morgan fingerprint density at radius 3 is 1.46 bits per heavy atom.